The van der Waals surface area contributed by atoms with Gasteiger partial charge in [0.25, 0.3) is 5.56 Å². The summed E-state index contributed by atoms with van der Waals surface area (Å²) in [6, 6.07) is -0.234. The molecule has 3 rings (SSSR count). The quantitative estimate of drug-likeness (QED) is 0.523. The summed E-state index contributed by atoms with van der Waals surface area (Å²) in [6.45, 7) is 6.57. The second-order valence-corrected chi connectivity index (χ2v) is 6.99. The summed E-state index contributed by atoms with van der Waals surface area (Å²) >= 11 is 1.29. The van der Waals surface area contributed by atoms with Crippen LogP contribution in [0.1, 0.15) is 36.8 Å². The lowest BCUT2D eigenvalue weighted by Gasteiger charge is -2.27. The highest BCUT2D eigenvalue weighted by Gasteiger charge is 2.25. The smallest absolute Gasteiger partial charge is 0.332 e. The lowest BCUT2D eigenvalue weighted by atomic mass is 10.2. The van der Waals surface area contributed by atoms with Gasteiger partial charge in [-0.1, -0.05) is 5.16 Å². The molecular weight excluding hydrogens is 318 g/mol. The number of ether oxygens (including phenoxy) is 1. The highest BCUT2D eigenvalue weighted by atomic mass is 32.1. The number of oxime groups is 1. The van der Waals surface area contributed by atoms with E-state index in [4.69, 9.17) is 9.94 Å². The Morgan fingerprint density at radius 2 is 2.17 bits per heavy atom. The van der Waals surface area contributed by atoms with Gasteiger partial charge in [-0.05, 0) is 32.8 Å². The Kier molecular flexibility index (Phi) is 4.11. The van der Waals surface area contributed by atoms with Gasteiger partial charge in [-0.3, -0.25) is 13.9 Å². The molecule has 2 aromatic rings. The molecule has 23 heavy (non-hydrogen) atoms. The number of hydrogen-bond donors (Lipinski definition) is 1. The fraction of sp³-hybridized carbons (Fsp3) is 0.533. The molecule has 1 fully saturated rings. The van der Waals surface area contributed by atoms with Crippen LogP contribution in [-0.4, -0.2) is 33.3 Å². The Bertz CT molecular complexity index is 887. The third kappa shape index (κ3) is 2.51. The third-order valence-corrected chi connectivity index (χ3v) is 5.40. The van der Waals surface area contributed by atoms with Crippen LogP contribution in [0.4, 0.5) is 0 Å². The second-order valence-electron chi connectivity index (χ2n) is 5.96. The van der Waals surface area contributed by atoms with Crippen molar-refractivity contribution in [1.29, 1.82) is 0 Å². The largest absolute Gasteiger partial charge is 0.411 e. The first kappa shape index (κ1) is 15.9. The number of fused-ring (bicyclic) bond motifs is 1. The first-order valence-electron chi connectivity index (χ1n) is 7.53. The Labute approximate surface area is 136 Å². The molecule has 0 aliphatic carbocycles. The van der Waals surface area contributed by atoms with Crippen molar-refractivity contribution in [3.63, 3.8) is 0 Å². The molecule has 7 nitrogen and oxygen atoms in total. The molecule has 2 aromatic heterocycles. The summed E-state index contributed by atoms with van der Waals surface area (Å²) in [5, 5.41) is 12.4. The number of hydrogen-bond acceptors (Lipinski definition) is 6. The maximum Gasteiger partial charge on any atom is 0.332 e. The molecule has 3 heterocycles. The van der Waals surface area contributed by atoms with Gasteiger partial charge in [0.15, 0.2) is 0 Å². The van der Waals surface area contributed by atoms with E-state index >= 15 is 0 Å². The van der Waals surface area contributed by atoms with Gasteiger partial charge in [0.1, 0.15) is 4.83 Å². The number of aromatic nitrogens is 2. The van der Waals surface area contributed by atoms with E-state index in [1.54, 1.807) is 11.5 Å². The third-order valence-electron chi connectivity index (χ3n) is 4.15. The maximum absolute atomic E-state index is 12.8. The number of thiophene rings is 1. The van der Waals surface area contributed by atoms with Crippen LogP contribution in [-0.2, 0) is 11.3 Å². The monoisotopic (exact) mass is 337 g/mol. The van der Waals surface area contributed by atoms with E-state index in [0.29, 0.717) is 28.2 Å². The van der Waals surface area contributed by atoms with Crippen molar-refractivity contribution in [3.05, 3.63) is 31.3 Å². The van der Waals surface area contributed by atoms with Crippen LogP contribution in [0.2, 0.25) is 0 Å². The molecule has 1 saturated heterocycles. The van der Waals surface area contributed by atoms with Gasteiger partial charge in [-0.25, -0.2) is 4.79 Å². The Hall–Kier alpha value is -1.93. The van der Waals surface area contributed by atoms with Gasteiger partial charge >= 0.3 is 5.69 Å². The number of rotatable bonds is 4. The fourth-order valence-corrected chi connectivity index (χ4v) is 3.97. The van der Waals surface area contributed by atoms with E-state index in [0.717, 1.165) is 12.0 Å². The van der Waals surface area contributed by atoms with E-state index < -0.39 is 0 Å². The molecule has 0 spiro atoms. The zero-order valence-electron chi connectivity index (χ0n) is 13.3. The van der Waals surface area contributed by atoms with Gasteiger partial charge in [0.05, 0.1) is 29.1 Å². The molecule has 8 heteroatoms. The molecule has 1 N–H and O–H groups in total. The van der Waals surface area contributed by atoms with Gasteiger partial charge in [0, 0.05) is 12.6 Å². The molecule has 0 saturated carbocycles. The van der Waals surface area contributed by atoms with Gasteiger partial charge < -0.3 is 9.94 Å². The first-order valence-corrected chi connectivity index (χ1v) is 8.34. The van der Waals surface area contributed by atoms with E-state index in [9.17, 15) is 9.59 Å². The van der Waals surface area contributed by atoms with E-state index in [1.807, 2.05) is 13.8 Å². The SMILES string of the molecule is Cc1c(/C=N\O)sc2c1c(=O)n(C(C)C)c(=O)n2CC1CCO1. The van der Waals surface area contributed by atoms with Crippen LogP contribution in [0.3, 0.4) is 0 Å². The zero-order chi connectivity index (χ0) is 16.7. The summed E-state index contributed by atoms with van der Waals surface area (Å²) in [7, 11) is 0. The molecule has 0 aromatic carbocycles. The molecule has 0 bridgehead atoms. The fourth-order valence-electron chi connectivity index (χ4n) is 2.81. The van der Waals surface area contributed by atoms with Gasteiger partial charge in [-0.15, -0.1) is 11.3 Å². The average molecular weight is 337 g/mol. The van der Waals surface area contributed by atoms with E-state index in [1.165, 1.54) is 22.1 Å². The Morgan fingerprint density at radius 1 is 1.48 bits per heavy atom. The van der Waals surface area contributed by atoms with Crippen LogP contribution in [0.15, 0.2) is 14.7 Å². The van der Waals surface area contributed by atoms with Crippen molar-refractivity contribution >= 4 is 27.8 Å². The van der Waals surface area contributed by atoms with Crippen molar-refractivity contribution < 1.29 is 9.94 Å². The van der Waals surface area contributed by atoms with Crippen LogP contribution in [0, 0.1) is 6.92 Å². The normalized spacial score (nSPS) is 18.2. The summed E-state index contributed by atoms with van der Waals surface area (Å²) in [6.07, 6.45) is 2.21. The minimum absolute atomic E-state index is 0.00591. The van der Waals surface area contributed by atoms with Crippen molar-refractivity contribution in [2.24, 2.45) is 5.16 Å². The highest BCUT2D eigenvalue weighted by Crippen LogP contribution is 2.27. The van der Waals surface area contributed by atoms with Crippen molar-refractivity contribution in [2.45, 2.75) is 45.9 Å². The van der Waals surface area contributed by atoms with Gasteiger partial charge in [-0.2, -0.15) is 0 Å². The molecule has 0 radical (unpaired) electrons. The van der Waals surface area contributed by atoms with Crippen molar-refractivity contribution in [3.8, 4) is 0 Å². The predicted molar refractivity (Wildman–Crippen MR) is 89.2 cm³/mol. The van der Waals surface area contributed by atoms with Gasteiger partial charge in [0.2, 0.25) is 0 Å². The van der Waals surface area contributed by atoms with Crippen LogP contribution < -0.4 is 11.2 Å². The molecule has 1 aliphatic rings. The average Bonchev–Trinajstić information content (AvgIpc) is 2.74. The van der Waals surface area contributed by atoms with Crippen molar-refractivity contribution in [2.75, 3.05) is 6.61 Å². The number of nitrogens with zero attached hydrogens (tertiary/aromatic N) is 3. The minimum Gasteiger partial charge on any atom is -0.411 e. The summed E-state index contributed by atoms with van der Waals surface area (Å²) in [5.41, 5.74) is 0.115. The summed E-state index contributed by atoms with van der Waals surface area (Å²) in [5.74, 6) is 0. The summed E-state index contributed by atoms with van der Waals surface area (Å²) < 4.78 is 8.34. The van der Waals surface area contributed by atoms with E-state index in [2.05, 4.69) is 5.16 Å². The lowest BCUT2D eigenvalue weighted by Crippen LogP contribution is -2.44. The topological polar surface area (TPSA) is 85.8 Å². The van der Waals surface area contributed by atoms with Crippen molar-refractivity contribution in [1.82, 2.24) is 9.13 Å². The first-order chi connectivity index (χ1) is 11.0. The molecular formula is C15H19N3O4S. The molecule has 1 atom stereocenters. The maximum atomic E-state index is 12.8. The highest BCUT2D eigenvalue weighted by molar-refractivity contribution is 7.20. The van der Waals surface area contributed by atoms with E-state index in [-0.39, 0.29) is 23.4 Å². The zero-order valence-corrected chi connectivity index (χ0v) is 14.1. The minimum atomic E-state index is -0.318. The Morgan fingerprint density at radius 3 is 2.70 bits per heavy atom. The van der Waals surface area contributed by atoms with Crippen LogP contribution in [0.5, 0.6) is 0 Å². The lowest BCUT2D eigenvalue weighted by molar-refractivity contribution is -0.0593. The Balaban J connectivity index is 2.36. The van der Waals surface area contributed by atoms with Crippen LogP contribution >= 0.6 is 11.3 Å². The molecule has 124 valence electrons. The predicted octanol–water partition coefficient (Wildman–Crippen LogP) is 1.71. The summed E-state index contributed by atoms with van der Waals surface area (Å²) in [4.78, 5) is 26.8. The molecule has 0 amide bonds. The standard InChI is InChI=1S/C15H19N3O4S/c1-8(2)18-13(19)12-9(3)11(6-16-21)23-14(12)17(15(18)20)7-10-4-5-22-10/h6,8,10,21H,4-5,7H2,1-3H3/b16-6-. The van der Waals surface area contributed by atoms with Crippen LogP contribution in [0.25, 0.3) is 10.2 Å². The second kappa shape index (κ2) is 5.93. The molecule has 1 aliphatic heterocycles. The molecule has 1 unspecified atom stereocenters. The number of aryl methyl sites for hydroxylation is 1.